The molecule has 1 aliphatic rings. The highest BCUT2D eigenvalue weighted by molar-refractivity contribution is 7.92. The van der Waals surface area contributed by atoms with Gasteiger partial charge in [0, 0.05) is 16.1 Å². The number of nitrogens with one attached hydrogen (secondary N) is 1. The first-order valence-electron chi connectivity index (χ1n) is 6.66. The Hall–Kier alpha value is -1.66. The van der Waals surface area contributed by atoms with E-state index < -0.39 is 10.0 Å². The predicted molar refractivity (Wildman–Crippen MR) is 84.7 cm³/mol. The summed E-state index contributed by atoms with van der Waals surface area (Å²) in [5.74, 6) is 0.000283. The summed E-state index contributed by atoms with van der Waals surface area (Å²) in [6.07, 6.45) is 4.42. The zero-order chi connectivity index (χ0) is 15.0. The summed E-state index contributed by atoms with van der Waals surface area (Å²) in [6.45, 7) is 0. The first kappa shape index (κ1) is 14.3. The SMILES string of the molecule is CS(=O)(=O)Nc1ccc(C(=O)c2cc3c(s2)CCC3)cc1. The van der Waals surface area contributed by atoms with Gasteiger partial charge in [-0.1, -0.05) is 0 Å². The van der Waals surface area contributed by atoms with Gasteiger partial charge in [0.1, 0.15) is 0 Å². The molecule has 0 saturated heterocycles. The number of benzene rings is 1. The lowest BCUT2D eigenvalue weighted by molar-refractivity contribution is 0.104. The molecule has 1 heterocycles. The molecule has 1 aliphatic carbocycles. The van der Waals surface area contributed by atoms with Gasteiger partial charge in [0.05, 0.1) is 11.1 Å². The normalized spacial score (nSPS) is 14.0. The van der Waals surface area contributed by atoms with Crippen LogP contribution in [0.1, 0.15) is 32.1 Å². The Labute approximate surface area is 127 Å². The molecule has 0 radical (unpaired) electrons. The maximum Gasteiger partial charge on any atom is 0.229 e. The Morgan fingerprint density at radius 2 is 1.90 bits per heavy atom. The summed E-state index contributed by atoms with van der Waals surface area (Å²) in [4.78, 5) is 14.5. The Balaban J connectivity index is 1.81. The number of fused-ring (bicyclic) bond motifs is 1. The molecule has 0 amide bonds. The zero-order valence-electron chi connectivity index (χ0n) is 11.5. The van der Waals surface area contributed by atoms with Gasteiger partial charge in [0.2, 0.25) is 15.8 Å². The van der Waals surface area contributed by atoms with Gasteiger partial charge in [0.25, 0.3) is 0 Å². The number of rotatable bonds is 4. The van der Waals surface area contributed by atoms with E-state index in [1.165, 1.54) is 16.9 Å². The lowest BCUT2D eigenvalue weighted by atomic mass is 10.1. The van der Waals surface area contributed by atoms with Crippen LogP contribution in [-0.2, 0) is 22.9 Å². The molecule has 0 aliphatic heterocycles. The molecule has 0 atom stereocenters. The van der Waals surface area contributed by atoms with Gasteiger partial charge in [-0.3, -0.25) is 9.52 Å². The van der Waals surface area contributed by atoms with Gasteiger partial charge in [-0.05, 0) is 55.2 Å². The van der Waals surface area contributed by atoms with E-state index in [4.69, 9.17) is 0 Å². The van der Waals surface area contributed by atoms with E-state index in [0.717, 1.165) is 24.0 Å². The number of hydrogen-bond donors (Lipinski definition) is 1. The van der Waals surface area contributed by atoms with Crippen LogP contribution in [0.2, 0.25) is 0 Å². The Morgan fingerprint density at radius 3 is 2.52 bits per heavy atom. The van der Waals surface area contributed by atoms with Crippen LogP contribution < -0.4 is 4.72 Å². The van der Waals surface area contributed by atoms with Crippen LogP contribution in [0.3, 0.4) is 0 Å². The molecule has 3 rings (SSSR count). The summed E-state index contributed by atoms with van der Waals surface area (Å²) in [6, 6.07) is 8.52. The van der Waals surface area contributed by atoms with E-state index in [9.17, 15) is 13.2 Å². The highest BCUT2D eigenvalue weighted by atomic mass is 32.2. The summed E-state index contributed by atoms with van der Waals surface area (Å²) in [5, 5.41) is 0. The first-order chi connectivity index (χ1) is 9.92. The van der Waals surface area contributed by atoms with E-state index in [0.29, 0.717) is 11.3 Å². The fraction of sp³-hybridized carbons (Fsp3) is 0.267. The van der Waals surface area contributed by atoms with Crippen molar-refractivity contribution in [2.45, 2.75) is 19.3 Å². The van der Waals surface area contributed by atoms with Gasteiger partial charge in [-0.25, -0.2) is 8.42 Å². The minimum absolute atomic E-state index is 0.000283. The Morgan fingerprint density at radius 1 is 1.19 bits per heavy atom. The fourth-order valence-corrected chi connectivity index (χ4v) is 4.27. The van der Waals surface area contributed by atoms with Crippen molar-refractivity contribution < 1.29 is 13.2 Å². The fourth-order valence-electron chi connectivity index (χ4n) is 2.49. The topological polar surface area (TPSA) is 63.2 Å². The van der Waals surface area contributed by atoms with Gasteiger partial charge in [0.15, 0.2) is 0 Å². The molecule has 1 N–H and O–H groups in total. The number of carbonyl (C=O) groups excluding carboxylic acids is 1. The van der Waals surface area contributed by atoms with Crippen LogP contribution in [0.25, 0.3) is 0 Å². The van der Waals surface area contributed by atoms with E-state index in [-0.39, 0.29) is 5.78 Å². The van der Waals surface area contributed by atoms with E-state index >= 15 is 0 Å². The van der Waals surface area contributed by atoms with Gasteiger partial charge in [-0.15, -0.1) is 11.3 Å². The minimum atomic E-state index is -3.29. The molecule has 21 heavy (non-hydrogen) atoms. The molecule has 4 nitrogen and oxygen atoms in total. The van der Waals surface area contributed by atoms with Crippen molar-refractivity contribution in [2.75, 3.05) is 11.0 Å². The average molecular weight is 321 g/mol. The third-order valence-corrected chi connectivity index (χ3v) is 5.26. The predicted octanol–water partition coefficient (Wildman–Crippen LogP) is 2.84. The lowest BCUT2D eigenvalue weighted by Gasteiger charge is -2.04. The van der Waals surface area contributed by atoms with Crippen molar-refractivity contribution in [1.29, 1.82) is 0 Å². The molecular formula is C15H15NO3S2. The monoisotopic (exact) mass is 321 g/mol. The molecule has 1 aromatic carbocycles. The summed E-state index contributed by atoms with van der Waals surface area (Å²) in [7, 11) is -3.29. The molecule has 0 unspecified atom stereocenters. The van der Waals surface area contributed by atoms with Crippen molar-refractivity contribution in [2.24, 2.45) is 0 Å². The Kier molecular flexibility index (Phi) is 3.59. The number of thiophene rings is 1. The van der Waals surface area contributed by atoms with Crippen molar-refractivity contribution in [3.63, 3.8) is 0 Å². The number of ketones is 1. The second kappa shape index (κ2) is 5.27. The molecular weight excluding hydrogens is 306 g/mol. The summed E-state index contributed by atoms with van der Waals surface area (Å²) < 4.78 is 24.7. The second-order valence-electron chi connectivity index (χ2n) is 5.19. The first-order valence-corrected chi connectivity index (χ1v) is 9.37. The van der Waals surface area contributed by atoms with Crippen molar-refractivity contribution >= 4 is 32.8 Å². The molecule has 110 valence electrons. The van der Waals surface area contributed by atoms with Gasteiger partial charge < -0.3 is 0 Å². The molecule has 1 aromatic heterocycles. The maximum atomic E-state index is 12.4. The van der Waals surface area contributed by atoms with Crippen LogP contribution in [-0.4, -0.2) is 20.5 Å². The molecule has 0 bridgehead atoms. The summed E-state index contributed by atoms with van der Waals surface area (Å²) >= 11 is 1.58. The van der Waals surface area contributed by atoms with Gasteiger partial charge >= 0.3 is 0 Å². The standard InChI is InChI=1S/C15H15NO3S2/c1-21(18,19)16-12-7-5-10(6-8-12)15(17)14-9-11-3-2-4-13(11)20-14/h5-9,16H,2-4H2,1H3. The van der Waals surface area contributed by atoms with Crippen molar-refractivity contribution in [1.82, 2.24) is 0 Å². The quantitative estimate of drug-likeness (QED) is 0.881. The molecule has 0 spiro atoms. The van der Waals surface area contributed by atoms with E-state index in [1.807, 2.05) is 6.07 Å². The summed E-state index contributed by atoms with van der Waals surface area (Å²) in [5.41, 5.74) is 2.34. The largest absolute Gasteiger partial charge is 0.288 e. The van der Waals surface area contributed by atoms with Crippen molar-refractivity contribution in [3.8, 4) is 0 Å². The van der Waals surface area contributed by atoms with Crippen molar-refractivity contribution in [3.05, 3.63) is 51.2 Å². The number of sulfonamides is 1. The number of anilines is 1. The van der Waals surface area contributed by atoms with Crippen LogP contribution in [0, 0.1) is 0 Å². The van der Waals surface area contributed by atoms with Crippen LogP contribution >= 0.6 is 11.3 Å². The third kappa shape index (κ3) is 3.16. The van der Waals surface area contributed by atoms with Gasteiger partial charge in [-0.2, -0.15) is 0 Å². The molecule has 0 saturated carbocycles. The van der Waals surface area contributed by atoms with Crippen LogP contribution in [0.15, 0.2) is 30.3 Å². The van der Waals surface area contributed by atoms with Crippen LogP contribution in [0.5, 0.6) is 0 Å². The number of hydrogen-bond acceptors (Lipinski definition) is 4. The minimum Gasteiger partial charge on any atom is -0.288 e. The van der Waals surface area contributed by atoms with E-state index in [1.54, 1.807) is 35.6 Å². The Bertz CT molecular complexity index is 767. The molecule has 6 heteroatoms. The van der Waals surface area contributed by atoms with Crippen LogP contribution in [0.4, 0.5) is 5.69 Å². The third-order valence-electron chi connectivity index (χ3n) is 3.42. The number of carbonyl (C=O) groups is 1. The van der Waals surface area contributed by atoms with E-state index in [2.05, 4.69) is 4.72 Å². The smallest absolute Gasteiger partial charge is 0.229 e. The lowest BCUT2D eigenvalue weighted by Crippen LogP contribution is -2.09. The number of aryl methyl sites for hydroxylation is 2. The highest BCUT2D eigenvalue weighted by Gasteiger charge is 2.19. The molecule has 2 aromatic rings. The average Bonchev–Trinajstić information content (AvgIpc) is 2.97. The second-order valence-corrected chi connectivity index (χ2v) is 8.08. The zero-order valence-corrected chi connectivity index (χ0v) is 13.2. The molecule has 0 fully saturated rings. The highest BCUT2D eigenvalue weighted by Crippen LogP contribution is 2.31. The maximum absolute atomic E-state index is 12.4.